The average molecular weight is 301 g/mol. The van der Waals surface area contributed by atoms with Crippen LogP contribution in [0.25, 0.3) is 0 Å². The van der Waals surface area contributed by atoms with Gasteiger partial charge in [0.2, 0.25) is 5.91 Å². The molecule has 116 valence electrons. The number of rotatable bonds is 5. The summed E-state index contributed by atoms with van der Waals surface area (Å²) in [6.07, 6.45) is 3.42. The monoisotopic (exact) mass is 301 g/mol. The molecule has 0 aliphatic heterocycles. The molecule has 0 fully saturated rings. The van der Waals surface area contributed by atoms with E-state index in [1.54, 1.807) is 38.4 Å². The van der Waals surface area contributed by atoms with Crippen molar-refractivity contribution in [2.45, 2.75) is 32.9 Å². The number of aromatic nitrogens is 1. The van der Waals surface area contributed by atoms with E-state index < -0.39 is 11.9 Å². The number of hydrogen-bond donors (Lipinski definition) is 2. The normalized spacial score (nSPS) is 13.5. The van der Waals surface area contributed by atoms with Crippen LogP contribution in [0.2, 0.25) is 0 Å². The van der Waals surface area contributed by atoms with Gasteiger partial charge in [0.05, 0.1) is 11.7 Å². The van der Waals surface area contributed by atoms with Gasteiger partial charge in [0, 0.05) is 18.4 Å². The molecular weight excluding hydrogens is 281 g/mol. The first-order valence-electron chi connectivity index (χ1n) is 7.20. The molecule has 1 aromatic heterocycles. The predicted molar refractivity (Wildman–Crippen MR) is 85.0 cm³/mol. The number of nitrogens with one attached hydrogen (secondary N) is 2. The predicted octanol–water partition coefficient (Wildman–Crippen LogP) is 3.21. The largest absolute Gasteiger partial charge is 0.322 e. The highest BCUT2D eigenvalue weighted by Crippen LogP contribution is 2.16. The van der Waals surface area contributed by atoms with E-state index >= 15 is 0 Å². The topological polar surface area (TPSA) is 54.0 Å². The summed E-state index contributed by atoms with van der Waals surface area (Å²) in [4.78, 5) is 16.1. The maximum absolute atomic E-state index is 13.8. The molecule has 0 saturated carbocycles. The Labute approximate surface area is 129 Å². The van der Waals surface area contributed by atoms with E-state index in [9.17, 15) is 9.18 Å². The Balaban J connectivity index is 1.97. The molecule has 0 radical (unpaired) electrons. The van der Waals surface area contributed by atoms with Crippen molar-refractivity contribution in [3.63, 3.8) is 0 Å². The summed E-state index contributed by atoms with van der Waals surface area (Å²) < 4.78 is 13.8. The molecule has 0 bridgehead atoms. The van der Waals surface area contributed by atoms with Crippen LogP contribution >= 0.6 is 0 Å². The van der Waals surface area contributed by atoms with Crippen LogP contribution in [0.15, 0.2) is 42.7 Å². The van der Waals surface area contributed by atoms with Crippen molar-refractivity contribution in [1.29, 1.82) is 0 Å². The Kier molecular flexibility index (Phi) is 5.22. The fraction of sp³-hybridized carbons (Fsp3) is 0.294. The average Bonchev–Trinajstić information content (AvgIpc) is 2.50. The van der Waals surface area contributed by atoms with Gasteiger partial charge in [0.15, 0.2) is 0 Å². The molecule has 2 atom stereocenters. The molecule has 0 unspecified atom stereocenters. The summed E-state index contributed by atoms with van der Waals surface area (Å²) in [5, 5.41) is 5.79. The first kappa shape index (κ1) is 16.1. The smallest absolute Gasteiger partial charge is 0.241 e. The van der Waals surface area contributed by atoms with Crippen LogP contribution in [0, 0.1) is 12.7 Å². The first-order valence-corrected chi connectivity index (χ1v) is 7.20. The molecule has 0 spiro atoms. The van der Waals surface area contributed by atoms with Crippen molar-refractivity contribution in [1.82, 2.24) is 10.3 Å². The van der Waals surface area contributed by atoms with E-state index in [2.05, 4.69) is 15.6 Å². The molecule has 2 aromatic rings. The van der Waals surface area contributed by atoms with Crippen molar-refractivity contribution in [3.05, 3.63) is 59.7 Å². The second-order valence-corrected chi connectivity index (χ2v) is 5.36. The zero-order chi connectivity index (χ0) is 16.1. The van der Waals surface area contributed by atoms with Crippen LogP contribution < -0.4 is 10.6 Å². The standard InChI is InChI=1S/C17H20FN3O/c1-11-4-5-16(15(18)10-11)21-17(22)13(3)20-12(2)14-6-8-19-9-7-14/h4-10,12-13,20H,1-3H3,(H,21,22)/t12-,13+/m1/s1. The van der Waals surface area contributed by atoms with Gasteiger partial charge in [-0.1, -0.05) is 6.07 Å². The van der Waals surface area contributed by atoms with Crippen LogP contribution in [0.1, 0.15) is 31.0 Å². The van der Waals surface area contributed by atoms with E-state index in [1.165, 1.54) is 6.07 Å². The third-order valence-electron chi connectivity index (χ3n) is 3.48. The number of nitrogens with zero attached hydrogens (tertiary/aromatic N) is 1. The van der Waals surface area contributed by atoms with Crippen LogP contribution in [-0.4, -0.2) is 16.9 Å². The molecule has 1 amide bonds. The van der Waals surface area contributed by atoms with Crippen LogP contribution in [0.5, 0.6) is 0 Å². The van der Waals surface area contributed by atoms with Gasteiger partial charge in [-0.25, -0.2) is 4.39 Å². The number of pyridine rings is 1. The van der Waals surface area contributed by atoms with Crippen molar-refractivity contribution in [3.8, 4) is 0 Å². The van der Waals surface area contributed by atoms with Crippen LogP contribution in [0.4, 0.5) is 10.1 Å². The summed E-state index contributed by atoms with van der Waals surface area (Å²) in [6.45, 7) is 5.51. The molecule has 0 aliphatic rings. The third-order valence-corrected chi connectivity index (χ3v) is 3.48. The summed E-state index contributed by atoms with van der Waals surface area (Å²) in [7, 11) is 0. The SMILES string of the molecule is Cc1ccc(NC(=O)[C@H](C)N[C@H](C)c2ccncc2)c(F)c1. The second kappa shape index (κ2) is 7.13. The van der Waals surface area contributed by atoms with Crippen LogP contribution in [-0.2, 0) is 4.79 Å². The number of aryl methyl sites for hydroxylation is 1. The maximum atomic E-state index is 13.8. The van der Waals surface area contributed by atoms with E-state index in [0.29, 0.717) is 0 Å². The van der Waals surface area contributed by atoms with E-state index in [0.717, 1.165) is 11.1 Å². The highest BCUT2D eigenvalue weighted by Gasteiger charge is 2.17. The van der Waals surface area contributed by atoms with Gasteiger partial charge in [-0.3, -0.25) is 15.1 Å². The highest BCUT2D eigenvalue weighted by molar-refractivity contribution is 5.94. The van der Waals surface area contributed by atoms with E-state index in [-0.39, 0.29) is 17.6 Å². The fourth-order valence-electron chi connectivity index (χ4n) is 2.16. The lowest BCUT2D eigenvalue weighted by Gasteiger charge is -2.20. The van der Waals surface area contributed by atoms with Gasteiger partial charge < -0.3 is 5.32 Å². The number of carbonyl (C=O) groups is 1. The number of benzene rings is 1. The van der Waals surface area contributed by atoms with Gasteiger partial charge in [-0.05, 0) is 56.2 Å². The molecular formula is C17H20FN3O. The molecule has 0 saturated heterocycles. The minimum absolute atomic E-state index is 0.00776. The lowest BCUT2D eigenvalue weighted by Crippen LogP contribution is -2.39. The molecule has 0 aliphatic carbocycles. The van der Waals surface area contributed by atoms with Crippen molar-refractivity contribution in [2.24, 2.45) is 0 Å². The lowest BCUT2D eigenvalue weighted by atomic mass is 10.1. The number of anilines is 1. The van der Waals surface area contributed by atoms with E-state index in [4.69, 9.17) is 0 Å². The third kappa shape index (κ3) is 4.11. The Hall–Kier alpha value is -2.27. The number of amides is 1. The first-order chi connectivity index (χ1) is 10.5. The fourth-order valence-corrected chi connectivity index (χ4v) is 2.16. The lowest BCUT2D eigenvalue weighted by molar-refractivity contribution is -0.118. The Bertz CT molecular complexity index is 646. The van der Waals surface area contributed by atoms with Crippen LogP contribution in [0.3, 0.4) is 0 Å². The van der Waals surface area contributed by atoms with Gasteiger partial charge in [-0.2, -0.15) is 0 Å². The molecule has 5 heteroatoms. The summed E-state index contributed by atoms with van der Waals surface area (Å²) in [5.41, 5.74) is 2.05. The summed E-state index contributed by atoms with van der Waals surface area (Å²) in [5.74, 6) is -0.702. The molecule has 4 nitrogen and oxygen atoms in total. The van der Waals surface area contributed by atoms with Gasteiger partial charge in [0.25, 0.3) is 0 Å². The minimum Gasteiger partial charge on any atom is -0.322 e. The Morgan fingerprint density at radius 1 is 1.18 bits per heavy atom. The molecule has 22 heavy (non-hydrogen) atoms. The molecule has 2 rings (SSSR count). The quantitative estimate of drug-likeness (QED) is 0.891. The Morgan fingerprint density at radius 2 is 1.86 bits per heavy atom. The number of carbonyl (C=O) groups excluding carboxylic acids is 1. The van der Waals surface area contributed by atoms with E-state index in [1.807, 2.05) is 19.1 Å². The molecule has 1 heterocycles. The van der Waals surface area contributed by atoms with Gasteiger partial charge in [-0.15, -0.1) is 0 Å². The second-order valence-electron chi connectivity index (χ2n) is 5.36. The minimum atomic E-state index is -0.455. The van der Waals surface area contributed by atoms with Crippen molar-refractivity contribution < 1.29 is 9.18 Å². The zero-order valence-corrected chi connectivity index (χ0v) is 12.9. The van der Waals surface area contributed by atoms with Crippen molar-refractivity contribution in [2.75, 3.05) is 5.32 Å². The zero-order valence-electron chi connectivity index (χ0n) is 12.9. The Morgan fingerprint density at radius 3 is 2.50 bits per heavy atom. The van der Waals surface area contributed by atoms with Gasteiger partial charge >= 0.3 is 0 Å². The number of halogens is 1. The van der Waals surface area contributed by atoms with Gasteiger partial charge in [0.1, 0.15) is 5.82 Å². The summed E-state index contributed by atoms with van der Waals surface area (Å²) in [6, 6.07) is 8.05. The number of hydrogen-bond acceptors (Lipinski definition) is 3. The maximum Gasteiger partial charge on any atom is 0.241 e. The highest BCUT2D eigenvalue weighted by atomic mass is 19.1. The molecule has 1 aromatic carbocycles. The summed E-state index contributed by atoms with van der Waals surface area (Å²) >= 11 is 0. The van der Waals surface area contributed by atoms with Crippen molar-refractivity contribution >= 4 is 11.6 Å². The molecule has 2 N–H and O–H groups in total.